The van der Waals surface area contributed by atoms with E-state index >= 15 is 0 Å². The van der Waals surface area contributed by atoms with E-state index < -0.39 is 35.5 Å². The molecule has 0 aliphatic heterocycles. The van der Waals surface area contributed by atoms with Gasteiger partial charge in [0.05, 0.1) is 13.2 Å². The first kappa shape index (κ1) is 31.9. The number of nitrogens with zero attached hydrogens (tertiary/aromatic N) is 1. The molecule has 0 aromatic rings. The molecule has 12 heteroatoms. The summed E-state index contributed by atoms with van der Waals surface area (Å²) in [5.41, 5.74) is -1.75. The smallest absolute Gasteiger partial charge is 0.446 e. The first-order chi connectivity index (χ1) is 16.1. The Bertz CT molecular complexity index is 775. The molecule has 0 fully saturated rings. The second kappa shape index (κ2) is 15.0. The Morgan fingerprint density at radius 2 is 1.49 bits per heavy atom. The summed E-state index contributed by atoms with van der Waals surface area (Å²) in [5, 5.41) is 22.3. The summed E-state index contributed by atoms with van der Waals surface area (Å²) in [6.45, 7) is 13.5. The molecule has 0 heterocycles. The number of hydrogen-bond donors (Lipinski definition) is 3. The Morgan fingerprint density at radius 3 is 2.00 bits per heavy atom. The van der Waals surface area contributed by atoms with Gasteiger partial charge in [0.25, 0.3) is 5.79 Å². The molecule has 0 saturated heterocycles. The number of ether oxygens (including phenoxy) is 3. The number of unbranched alkanes of at least 4 members (excludes halogenated alkanes) is 3. The third-order valence-electron chi connectivity index (χ3n) is 4.66. The van der Waals surface area contributed by atoms with Crippen molar-refractivity contribution in [2.24, 2.45) is 0 Å². The van der Waals surface area contributed by atoms with E-state index in [1.54, 1.807) is 0 Å². The van der Waals surface area contributed by atoms with Gasteiger partial charge in [-0.15, -0.1) is 5.06 Å². The molecule has 0 aromatic heterocycles. The van der Waals surface area contributed by atoms with E-state index in [9.17, 15) is 24.3 Å². The highest BCUT2D eigenvalue weighted by atomic mass is 16.8. The number of carbonyl (C=O) groups is 4. The average molecular weight is 503 g/mol. The Balaban J connectivity index is 5.05. The predicted octanol–water partition coefficient (Wildman–Crippen LogP) is 2.34. The molecule has 0 spiro atoms. The van der Waals surface area contributed by atoms with Gasteiger partial charge in [0, 0.05) is 24.6 Å². The topological polar surface area (TPSA) is 161 Å². The Kier molecular flexibility index (Phi) is 13.7. The van der Waals surface area contributed by atoms with Crippen LogP contribution >= 0.6 is 0 Å². The molecule has 12 nitrogen and oxygen atoms in total. The lowest BCUT2D eigenvalue weighted by molar-refractivity contribution is -0.272. The molecule has 0 radical (unpaired) electrons. The van der Waals surface area contributed by atoms with Gasteiger partial charge in [0.2, 0.25) is 0 Å². The summed E-state index contributed by atoms with van der Waals surface area (Å²) >= 11 is 0. The summed E-state index contributed by atoms with van der Waals surface area (Å²) in [6, 6.07) is 0. The van der Waals surface area contributed by atoms with Gasteiger partial charge in [0.1, 0.15) is 12.2 Å². The van der Waals surface area contributed by atoms with E-state index in [0.29, 0.717) is 37.3 Å². The van der Waals surface area contributed by atoms with Gasteiger partial charge in [-0.3, -0.25) is 0 Å². The molecule has 0 aliphatic rings. The molecule has 200 valence electrons. The molecular weight excluding hydrogens is 464 g/mol. The highest BCUT2D eigenvalue weighted by Gasteiger charge is 2.48. The van der Waals surface area contributed by atoms with Crippen LogP contribution in [0.1, 0.15) is 60.3 Å². The summed E-state index contributed by atoms with van der Waals surface area (Å²) in [6.07, 6.45) is 0.523. The number of alkyl carbamates (subject to hydrolysis) is 1. The van der Waals surface area contributed by atoms with Crippen LogP contribution in [-0.4, -0.2) is 77.1 Å². The fourth-order valence-electron chi connectivity index (χ4n) is 2.22. The monoisotopic (exact) mass is 502 g/mol. The second-order valence-corrected chi connectivity index (χ2v) is 8.50. The first-order valence-corrected chi connectivity index (χ1v) is 11.2. The van der Waals surface area contributed by atoms with Gasteiger partial charge in [-0.25, -0.2) is 19.2 Å². The number of amides is 2. The van der Waals surface area contributed by atoms with Gasteiger partial charge in [-0.2, -0.15) is 0 Å². The number of rotatable bonds is 14. The quantitative estimate of drug-likeness (QED) is 0.106. The van der Waals surface area contributed by atoms with Crippen LogP contribution in [0.3, 0.4) is 0 Å². The summed E-state index contributed by atoms with van der Waals surface area (Å²) < 4.78 is 15.1. The largest absolute Gasteiger partial charge is 0.447 e. The molecule has 1 unspecified atom stereocenters. The Morgan fingerprint density at radius 1 is 0.914 bits per heavy atom. The van der Waals surface area contributed by atoms with Crippen molar-refractivity contribution in [1.29, 1.82) is 0 Å². The van der Waals surface area contributed by atoms with Gasteiger partial charge >= 0.3 is 24.1 Å². The van der Waals surface area contributed by atoms with E-state index in [2.05, 4.69) is 23.2 Å². The average Bonchev–Trinajstić information content (AvgIpc) is 2.74. The SMILES string of the molecule is C=C(C)C(=O)ON(CCCCCCNC(=O)OCCO)C(=O)OC(C)(OC(=O)C(=C)C)C(C)(C)O. The van der Waals surface area contributed by atoms with Gasteiger partial charge in [-0.05, 0) is 40.5 Å². The highest BCUT2D eigenvalue weighted by molar-refractivity contribution is 5.88. The molecule has 35 heavy (non-hydrogen) atoms. The molecule has 0 bridgehead atoms. The Labute approximate surface area is 205 Å². The zero-order chi connectivity index (χ0) is 27.2. The molecule has 0 saturated carbocycles. The highest BCUT2D eigenvalue weighted by Crippen LogP contribution is 2.29. The van der Waals surface area contributed by atoms with Crippen molar-refractivity contribution < 1.29 is 48.4 Å². The van der Waals surface area contributed by atoms with Crippen molar-refractivity contribution in [3.63, 3.8) is 0 Å². The van der Waals surface area contributed by atoms with E-state index in [0.717, 1.165) is 0 Å². The zero-order valence-corrected chi connectivity index (χ0v) is 21.2. The lowest BCUT2D eigenvalue weighted by atomic mass is 9.99. The minimum Gasteiger partial charge on any atom is -0.447 e. The fraction of sp³-hybridized carbons (Fsp3) is 0.652. The van der Waals surface area contributed by atoms with Gasteiger partial charge in [-0.1, -0.05) is 26.0 Å². The van der Waals surface area contributed by atoms with Crippen molar-refractivity contribution in [3.8, 4) is 0 Å². The summed E-state index contributed by atoms with van der Waals surface area (Å²) in [4.78, 5) is 53.2. The van der Waals surface area contributed by atoms with E-state index in [4.69, 9.17) is 19.4 Å². The van der Waals surface area contributed by atoms with Crippen molar-refractivity contribution in [2.45, 2.75) is 71.7 Å². The van der Waals surface area contributed by atoms with Crippen molar-refractivity contribution >= 4 is 24.1 Å². The van der Waals surface area contributed by atoms with E-state index in [-0.39, 0.29) is 30.9 Å². The van der Waals surface area contributed by atoms with E-state index in [1.165, 1.54) is 34.6 Å². The maximum Gasteiger partial charge on any atom is 0.446 e. The third-order valence-corrected chi connectivity index (χ3v) is 4.66. The second-order valence-electron chi connectivity index (χ2n) is 8.50. The van der Waals surface area contributed by atoms with Crippen LogP contribution in [0.25, 0.3) is 0 Å². The predicted molar refractivity (Wildman–Crippen MR) is 125 cm³/mol. The summed E-state index contributed by atoms with van der Waals surface area (Å²) in [7, 11) is 0. The lowest BCUT2D eigenvalue weighted by Crippen LogP contribution is -2.55. The van der Waals surface area contributed by atoms with Crippen LogP contribution in [0.15, 0.2) is 24.3 Å². The third kappa shape index (κ3) is 12.2. The maximum absolute atomic E-state index is 12.8. The lowest BCUT2D eigenvalue weighted by Gasteiger charge is -2.39. The number of esters is 1. The fourth-order valence-corrected chi connectivity index (χ4v) is 2.22. The van der Waals surface area contributed by atoms with Crippen LogP contribution in [0, 0.1) is 0 Å². The minimum absolute atomic E-state index is 0.0261. The van der Waals surface area contributed by atoms with Crippen LogP contribution < -0.4 is 5.32 Å². The maximum atomic E-state index is 12.8. The zero-order valence-electron chi connectivity index (χ0n) is 21.2. The first-order valence-electron chi connectivity index (χ1n) is 11.2. The molecule has 0 aliphatic carbocycles. The van der Waals surface area contributed by atoms with Crippen LogP contribution in [-0.2, 0) is 28.6 Å². The van der Waals surface area contributed by atoms with Crippen molar-refractivity contribution in [1.82, 2.24) is 10.4 Å². The number of aliphatic hydroxyl groups is 2. The molecule has 1 atom stereocenters. The van der Waals surface area contributed by atoms with Crippen LogP contribution in [0.2, 0.25) is 0 Å². The van der Waals surface area contributed by atoms with Crippen molar-refractivity contribution in [2.75, 3.05) is 26.3 Å². The molecule has 3 N–H and O–H groups in total. The van der Waals surface area contributed by atoms with E-state index in [1.807, 2.05) is 0 Å². The normalized spacial score (nSPS) is 12.5. The number of hydrogen-bond acceptors (Lipinski definition) is 10. The van der Waals surface area contributed by atoms with Crippen LogP contribution in [0.5, 0.6) is 0 Å². The number of hydroxylamine groups is 2. The van der Waals surface area contributed by atoms with Crippen molar-refractivity contribution in [3.05, 3.63) is 24.3 Å². The van der Waals surface area contributed by atoms with Crippen LogP contribution in [0.4, 0.5) is 9.59 Å². The molecular formula is C23H38N2O10. The minimum atomic E-state index is -2.12. The molecule has 0 aromatic carbocycles. The standard InChI is InChI=1S/C23H38N2O10/c1-16(2)18(27)33-23(7,22(5,6)31)34-21(30)25(35-19(28)17(3)4)13-11-9-8-10-12-24-20(29)32-15-14-26/h26,31H,1,3,8-15H2,2,4-7H3,(H,24,29). The van der Waals surface area contributed by atoms with Gasteiger partial charge in [0.15, 0.2) is 0 Å². The number of aliphatic hydroxyl groups excluding tert-OH is 1. The molecule has 2 amide bonds. The van der Waals surface area contributed by atoms with Gasteiger partial charge < -0.3 is 34.6 Å². The number of nitrogens with one attached hydrogen (secondary N) is 1. The number of carbonyl (C=O) groups excluding carboxylic acids is 4. The summed E-state index contributed by atoms with van der Waals surface area (Å²) in [5.74, 6) is -3.87. The Hall–Kier alpha value is -3.12. The molecule has 0 rings (SSSR count).